The Hall–Kier alpha value is -2.55. The van der Waals surface area contributed by atoms with E-state index < -0.39 is 0 Å². The lowest BCUT2D eigenvalue weighted by Crippen LogP contribution is -2.48. The van der Waals surface area contributed by atoms with E-state index in [0.29, 0.717) is 48.2 Å². The fourth-order valence-electron chi connectivity index (χ4n) is 3.11. The Kier molecular flexibility index (Phi) is 5.17. The molecule has 0 radical (unpaired) electrons. The summed E-state index contributed by atoms with van der Waals surface area (Å²) in [6.07, 6.45) is 0. The van der Waals surface area contributed by atoms with Crippen LogP contribution in [0, 0.1) is 6.92 Å². The van der Waals surface area contributed by atoms with Crippen molar-refractivity contribution in [2.45, 2.75) is 6.92 Å². The summed E-state index contributed by atoms with van der Waals surface area (Å²) < 4.78 is 11.7. The molecule has 9 heteroatoms. The summed E-state index contributed by atoms with van der Waals surface area (Å²) in [6.45, 7) is 4.42. The zero-order chi connectivity index (χ0) is 18.8. The molecule has 0 aliphatic carbocycles. The Morgan fingerprint density at radius 2 is 1.85 bits per heavy atom. The highest BCUT2D eigenvalue weighted by Gasteiger charge is 2.29. The largest absolute Gasteiger partial charge is 0.481 e. The quantitative estimate of drug-likeness (QED) is 0.752. The lowest BCUT2D eigenvalue weighted by atomic mass is 10.2. The monoisotopic (exact) mass is 378 g/mol. The number of carbonyl (C=O) groups is 2. The molecule has 1 amide bonds. The van der Waals surface area contributed by atoms with Gasteiger partial charge in [0.2, 0.25) is 5.88 Å². The minimum absolute atomic E-state index is 0.0615. The number of anilines is 1. The Morgan fingerprint density at radius 1 is 1.15 bits per heavy atom. The van der Waals surface area contributed by atoms with Crippen molar-refractivity contribution in [3.63, 3.8) is 0 Å². The Morgan fingerprint density at radius 3 is 2.46 bits per heavy atom. The van der Waals surface area contributed by atoms with E-state index in [9.17, 15) is 9.59 Å². The van der Waals surface area contributed by atoms with Crippen LogP contribution in [0.25, 0.3) is 0 Å². The van der Waals surface area contributed by atoms with Gasteiger partial charge >= 0.3 is 5.97 Å². The molecule has 0 unspecified atom stereocenters. The predicted molar refractivity (Wildman–Crippen MR) is 98.3 cm³/mol. The van der Waals surface area contributed by atoms with Gasteiger partial charge in [0, 0.05) is 33.2 Å². The van der Waals surface area contributed by atoms with E-state index in [1.54, 1.807) is 24.9 Å². The molecule has 3 rings (SSSR count). The second-order valence-electron chi connectivity index (χ2n) is 6.00. The highest BCUT2D eigenvalue weighted by atomic mass is 32.1. The highest BCUT2D eigenvalue weighted by Crippen LogP contribution is 2.28. The number of hydrogen-bond donors (Lipinski definition) is 0. The van der Waals surface area contributed by atoms with E-state index in [4.69, 9.17) is 9.47 Å². The molecule has 0 N–H and O–H groups in total. The van der Waals surface area contributed by atoms with Gasteiger partial charge in [0.15, 0.2) is 0 Å². The zero-order valence-electron chi connectivity index (χ0n) is 15.3. The van der Waals surface area contributed by atoms with Gasteiger partial charge in [-0.1, -0.05) is 0 Å². The number of aryl methyl sites for hydroxylation is 2. The van der Waals surface area contributed by atoms with Crippen molar-refractivity contribution in [2.24, 2.45) is 7.05 Å². The molecule has 0 bridgehead atoms. The van der Waals surface area contributed by atoms with Gasteiger partial charge in [-0.15, -0.1) is 11.3 Å². The van der Waals surface area contributed by atoms with Crippen molar-refractivity contribution in [2.75, 3.05) is 45.3 Å². The lowest BCUT2D eigenvalue weighted by Gasteiger charge is -2.35. The van der Waals surface area contributed by atoms with Crippen LogP contribution >= 0.6 is 11.3 Å². The Balaban J connectivity index is 1.68. The molecule has 2 aromatic heterocycles. The van der Waals surface area contributed by atoms with Crippen molar-refractivity contribution in [1.82, 2.24) is 14.7 Å². The van der Waals surface area contributed by atoms with Crippen molar-refractivity contribution in [1.29, 1.82) is 0 Å². The molecular formula is C17H22N4O4S. The fraction of sp³-hybridized carbons (Fsp3) is 0.471. The second-order valence-corrected chi connectivity index (χ2v) is 7.06. The number of methoxy groups -OCH3 is 2. The third kappa shape index (κ3) is 3.26. The van der Waals surface area contributed by atoms with Gasteiger partial charge in [-0.2, -0.15) is 5.10 Å². The average molecular weight is 378 g/mol. The van der Waals surface area contributed by atoms with E-state index in [0.717, 1.165) is 5.00 Å². The molecule has 2 aromatic rings. The van der Waals surface area contributed by atoms with Gasteiger partial charge in [-0.25, -0.2) is 9.48 Å². The van der Waals surface area contributed by atoms with Crippen LogP contribution in [0.3, 0.4) is 0 Å². The van der Waals surface area contributed by atoms with Crippen molar-refractivity contribution < 1.29 is 19.1 Å². The van der Waals surface area contributed by atoms with Gasteiger partial charge in [0.05, 0.1) is 24.9 Å². The molecule has 1 aliphatic rings. The number of aromatic nitrogens is 2. The summed E-state index contributed by atoms with van der Waals surface area (Å²) in [5, 5.41) is 5.29. The van der Waals surface area contributed by atoms with Crippen LogP contribution in [0.2, 0.25) is 0 Å². The molecule has 8 nitrogen and oxygen atoms in total. The summed E-state index contributed by atoms with van der Waals surface area (Å²) in [4.78, 5) is 29.1. The molecule has 140 valence electrons. The number of hydrogen-bond acceptors (Lipinski definition) is 7. The number of ether oxygens (including phenoxy) is 2. The Bertz CT molecular complexity index is 821. The highest BCUT2D eigenvalue weighted by molar-refractivity contribution is 7.17. The summed E-state index contributed by atoms with van der Waals surface area (Å²) in [6, 6.07) is 3.69. The van der Waals surface area contributed by atoms with Crippen LogP contribution in [0.5, 0.6) is 5.88 Å². The minimum atomic E-state index is -0.325. The maximum atomic E-state index is 12.9. The van der Waals surface area contributed by atoms with Crippen molar-refractivity contribution in [3.8, 4) is 5.88 Å². The first-order chi connectivity index (χ1) is 12.5. The minimum Gasteiger partial charge on any atom is -0.481 e. The smallest absolute Gasteiger partial charge is 0.348 e. The number of amides is 1. The van der Waals surface area contributed by atoms with Crippen LogP contribution < -0.4 is 9.64 Å². The number of esters is 1. The predicted octanol–water partition coefficient (Wildman–Crippen LogP) is 1.55. The number of piperazine rings is 1. The molecule has 1 saturated heterocycles. The van der Waals surface area contributed by atoms with Crippen LogP contribution in [-0.4, -0.2) is 67.0 Å². The topological polar surface area (TPSA) is 76.9 Å². The number of thiophene rings is 1. The maximum absolute atomic E-state index is 12.9. The van der Waals surface area contributed by atoms with E-state index in [-0.39, 0.29) is 11.9 Å². The summed E-state index contributed by atoms with van der Waals surface area (Å²) in [5.41, 5.74) is 1.19. The van der Waals surface area contributed by atoms with E-state index >= 15 is 0 Å². The average Bonchev–Trinajstić information content (AvgIpc) is 3.24. The third-order valence-corrected chi connectivity index (χ3v) is 5.56. The molecule has 0 aromatic carbocycles. The molecule has 1 fully saturated rings. The van der Waals surface area contributed by atoms with E-state index in [1.807, 2.05) is 17.9 Å². The van der Waals surface area contributed by atoms with E-state index in [1.165, 1.54) is 18.4 Å². The molecule has 3 heterocycles. The maximum Gasteiger partial charge on any atom is 0.348 e. The van der Waals surface area contributed by atoms with Gasteiger partial charge in [0.25, 0.3) is 5.91 Å². The normalized spacial score (nSPS) is 14.5. The van der Waals surface area contributed by atoms with Crippen molar-refractivity contribution >= 4 is 28.2 Å². The van der Waals surface area contributed by atoms with Gasteiger partial charge < -0.3 is 19.3 Å². The summed E-state index contributed by atoms with van der Waals surface area (Å²) in [7, 11) is 4.68. The van der Waals surface area contributed by atoms with E-state index in [2.05, 4.69) is 10.00 Å². The first-order valence-electron chi connectivity index (χ1n) is 8.26. The molecular weight excluding hydrogens is 356 g/mol. The molecule has 26 heavy (non-hydrogen) atoms. The van der Waals surface area contributed by atoms with Gasteiger partial charge in [0.1, 0.15) is 10.4 Å². The summed E-state index contributed by atoms with van der Waals surface area (Å²) >= 11 is 1.40. The lowest BCUT2D eigenvalue weighted by molar-refractivity contribution is 0.0606. The second kappa shape index (κ2) is 7.36. The standard InChI is InChI=1S/C17H22N4O4S/c1-11-14(16(24-3)19(2)18-11)15(22)21-9-7-20(8-10-21)13-6-5-12(26-13)17(23)25-4/h5-6H,7-10H2,1-4H3. The summed E-state index contributed by atoms with van der Waals surface area (Å²) in [5.74, 6) is 0.0960. The van der Waals surface area contributed by atoms with Crippen LogP contribution in [0.1, 0.15) is 25.7 Å². The Labute approximate surface area is 155 Å². The molecule has 0 spiro atoms. The number of carbonyl (C=O) groups excluding carboxylic acids is 2. The molecule has 1 aliphatic heterocycles. The van der Waals surface area contributed by atoms with Crippen LogP contribution in [0.15, 0.2) is 12.1 Å². The first kappa shape index (κ1) is 18.2. The third-order valence-electron chi connectivity index (χ3n) is 4.43. The van der Waals surface area contributed by atoms with Crippen LogP contribution in [0.4, 0.5) is 5.00 Å². The van der Waals surface area contributed by atoms with Gasteiger partial charge in [-0.05, 0) is 19.1 Å². The SMILES string of the molecule is COC(=O)c1ccc(N2CCN(C(=O)c3c(C)nn(C)c3OC)CC2)s1. The number of nitrogens with zero attached hydrogens (tertiary/aromatic N) is 4. The van der Waals surface area contributed by atoms with Crippen LogP contribution in [-0.2, 0) is 11.8 Å². The van der Waals surface area contributed by atoms with Gasteiger partial charge in [-0.3, -0.25) is 4.79 Å². The number of rotatable bonds is 4. The van der Waals surface area contributed by atoms with Crippen molar-refractivity contribution in [3.05, 3.63) is 28.3 Å². The zero-order valence-corrected chi connectivity index (χ0v) is 16.1. The molecule has 0 atom stereocenters. The molecule has 0 saturated carbocycles. The first-order valence-corrected chi connectivity index (χ1v) is 9.07. The fourth-order valence-corrected chi connectivity index (χ4v) is 4.09.